The van der Waals surface area contributed by atoms with E-state index in [4.69, 9.17) is 0 Å². The Morgan fingerprint density at radius 2 is 1.88 bits per heavy atom. The zero-order valence-electron chi connectivity index (χ0n) is 17.6. The second-order valence-electron chi connectivity index (χ2n) is 8.98. The number of carbonyl (C=O) groups excluding carboxylic acids is 2. The van der Waals surface area contributed by atoms with Gasteiger partial charge in [-0.2, -0.15) is 18.4 Å². The van der Waals surface area contributed by atoms with Gasteiger partial charge in [-0.3, -0.25) is 14.5 Å². The number of nitrogens with one attached hydrogen (secondary N) is 1. The molecule has 1 saturated heterocycles. The lowest BCUT2D eigenvalue weighted by Gasteiger charge is -2.32. The SMILES string of the molecule is Cc1cc(Br)ccc1S(=O)(=O)[C@H]1CN[C@H](C(=O)N(C(=O)C2(C(F)(F)F)CC2)C2(C#N)CC2)C1. The molecule has 0 bridgehead atoms. The first kappa shape index (κ1) is 24.2. The molecule has 1 N–H and O–H groups in total. The number of aryl methyl sites for hydroxylation is 1. The molecule has 2 aliphatic carbocycles. The molecule has 3 aliphatic rings. The van der Waals surface area contributed by atoms with E-state index in [0.29, 0.717) is 14.9 Å². The molecule has 3 fully saturated rings. The van der Waals surface area contributed by atoms with Gasteiger partial charge in [-0.25, -0.2) is 8.42 Å². The summed E-state index contributed by atoms with van der Waals surface area (Å²) in [6, 6.07) is 5.34. The third-order valence-corrected chi connectivity index (χ3v) is 9.56. The fourth-order valence-electron chi connectivity index (χ4n) is 4.36. The van der Waals surface area contributed by atoms with Crippen molar-refractivity contribution >= 4 is 37.6 Å². The van der Waals surface area contributed by atoms with E-state index in [9.17, 15) is 36.4 Å². The molecule has 2 amide bonds. The molecule has 2 atom stereocenters. The van der Waals surface area contributed by atoms with Crippen LogP contribution in [0, 0.1) is 23.7 Å². The molecular weight excluding hydrogens is 527 g/mol. The number of carbonyl (C=O) groups is 2. The number of benzene rings is 1. The second-order valence-corrected chi connectivity index (χ2v) is 12.1. The molecule has 1 aliphatic heterocycles. The van der Waals surface area contributed by atoms with Gasteiger partial charge in [-0.05, 0) is 62.8 Å². The fourth-order valence-corrected chi connectivity index (χ4v) is 6.72. The van der Waals surface area contributed by atoms with Crippen LogP contribution in [0.15, 0.2) is 27.6 Å². The molecule has 4 rings (SSSR count). The summed E-state index contributed by atoms with van der Waals surface area (Å²) in [4.78, 5) is 26.8. The summed E-state index contributed by atoms with van der Waals surface area (Å²) in [6.45, 7) is 1.54. The highest BCUT2D eigenvalue weighted by atomic mass is 79.9. The third kappa shape index (κ3) is 3.88. The first-order chi connectivity index (χ1) is 15.3. The quantitative estimate of drug-likeness (QED) is 0.568. The maximum absolute atomic E-state index is 13.6. The van der Waals surface area contributed by atoms with Crippen LogP contribution in [0.3, 0.4) is 0 Å². The smallest absolute Gasteiger partial charge is 0.304 e. The largest absolute Gasteiger partial charge is 0.403 e. The summed E-state index contributed by atoms with van der Waals surface area (Å²) in [5.74, 6) is -2.38. The maximum Gasteiger partial charge on any atom is 0.403 e. The number of alkyl halides is 3. The van der Waals surface area contributed by atoms with Crippen molar-refractivity contribution in [2.75, 3.05) is 6.54 Å². The van der Waals surface area contributed by atoms with Gasteiger partial charge in [0.05, 0.1) is 22.3 Å². The van der Waals surface area contributed by atoms with Crippen molar-refractivity contribution in [3.63, 3.8) is 0 Å². The van der Waals surface area contributed by atoms with Crippen LogP contribution in [-0.2, 0) is 19.4 Å². The average molecular weight is 548 g/mol. The first-order valence-electron chi connectivity index (χ1n) is 10.4. The van der Waals surface area contributed by atoms with Crippen molar-refractivity contribution in [1.29, 1.82) is 5.26 Å². The molecule has 178 valence electrons. The molecule has 0 unspecified atom stereocenters. The van der Waals surface area contributed by atoms with Crippen LogP contribution in [0.25, 0.3) is 0 Å². The Balaban J connectivity index is 1.59. The summed E-state index contributed by atoms with van der Waals surface area (Å²) < 4.78 is 67.8. The second kappa shape index (κ2) is 7.78. The van der Waals surface area contributed by atoms with Gasteiger partial charge in [0.15, 0.2) is 9.84 Å². The number of nitrogens with zero attached hydrogens (tertiary/aromatic N) is 2. The highest BCUT2D eigenvalue weighted by Crippen LogP contribution is 2.60. The van der Waals surface area contributed by atoms with Crippen molar-refractivity contribution in [1.82, 2.24) is 10.2 Å². The van der Waals surface area contributed by atoms with Gasteiger partial charge in [0.1, 0.15) is 11.0 Å². The Morgan fingerprint density at radius 1 is 1.24 bits per heavy atom. The highest BCUT2D eigenvalue weighted by molar-refractivity contribution is 9.10. The maximum atomic E-state index is 13.6. The normalized spacial score (nSPS) is 25.2. The van der Waals surface area contributed by atoms with Crippen molar-refractivity contribution in [3.05, 3.63) is 28.2 Å². The average Bonchev–Trinajstić information content (AvgIpc) is 3.64. The van der Waals surface area contributed by atoms with Crippen molar-refractivity contribution in [2.45, 2.75) is 66.9 Å². The number of rotatable bonds is 5. The van der Waals surface area contributed by atoms with Crippen LogP contribution in [-0.4, -0.2) is 54.7 Å². The Kier molecular flexibility index (Phi) is 5.70. The van der Waals surface area contributed by atoms with Gasteiger partial charge in [0, 0.05) is 11.0 Å². The number of hydrogen-bond donors (Lipinski definition) is 1. The fraction of sp³-hybridized carbons (Fsp3) is 0.571. The lowest BCUT2D eigenvalue weighted by molar-refractivity contribution is -0.200. The Labute approximate surface area is 197 Å². The Bertz CT molecular complexity index is 1170. The Morgan fingerprint density at radius 3 is 2.36 bits per heavy atom. The summed E-state index contributed by atoms with van der Waals surface area (Å²) >= 11 is 3.28. The van der Waals surface area contributed by atoms with Gasteiger partial charge in [-0.1, -0.05) is 15.9 Å². The summed E-state index contributed by atoms with van der Waals surface area (Å²) in [6.07, 6.45) is -5.71. The van der Waals surface area contributed by atoms with E-state index in [1.54, 1.807) is 19.1 Å². The molecule has 12 heteroatoms. The van der Waals surface area contributed by atoms with E-state index in [0.717, 1.165) is 0 Å². The van der Waals surface area contributed by atoms with Gasteiger partial charge in [-0.15, -0.1) is 0 Å². The lowest BCUT2D eigenvalue weighted by Crippen LogP contribution is -2.56. The predicted octanol–water partition coefficient (Wildman–Crippen LogP) is 3.02. The van der Waals surface area contributed by atoms with Crippen LogP contribution in [0.4, 0.5) is 13.2 Å². The van der Waals surface area contributed by atoms with Crippen LogP contribution < -0.4 is 5.32 Å². The van der Waals surface area contributed by atoms with Gasteiger partial charge >= 0.3 is 6.18 Å². The molecule has 7 nitrogen and oxygen atoms in total. The van der Waals surface area contributed by atoms with E-state index in [2.05, 4.69) is 21.2 Å². The predicted molar refractivity (Wildman–Crippen MR) is 113 cm³/mol. The van der Waals surface area contributed by atoms with Gasteiger partial charge in [0.25, 0.3) is 0 Å². The minimum absolute atomic E-state index is 0.0970. The topological polar surface area (TPSA) is 107 Å². The standard InChI is InChI=1S/C21H21BrF3N3O4S/c1-12-8-13(22)2-3-16(12)33(31,32)14-9-15(27-10-14)17(29)28(19(11-26)4-5-19)18(30)20(6-7-20)21(23,24)25/h2-3,8,14-15,27H,4-7,9-10H2,1H3/t14-,15+/m1/s1. The summed E-state index contributed by atoms with van der Waals surface area (Å²) in [5, 5.41) is 11.3. The van der Waals surface area contributed by atoms with Gasteiger partial charge in [0.2, 0.25) is 11.8 Å². The molecule has 2 saturated carbocycles. The van der Waals surface area contributed by atoms with Crippen molar-refractivity contribution in [3.8, 4) is 6.07 Å². The zero-order chi connectivity index (χ0) is 24.4. The molecule has 0 spiro atoms. The summed E-state index contributed by atoms with van der Waals surface area (Å²) in [5.41, 5.74) is -3.73. The monoisotopic (exact) mass is 547 g/mol. The third-order valence-electron chi connectivity index (χ3n) is 6.76. The van der Waals surface area contributed by atoms with Crippen LogP contribution in [0.5, 0.6) is 0 Å². The molecule has 0 radical (unpaired) electrons. The molecular formula is C21H21BrF3N3O4S. The minimum Gasteiger partial charge on any atom is -0.304 e. The number of nitriles is 1. The molecule has 1 aromatic rings. The Hall–Kier alpha value is -1.97. The number of amides is 2. The number of sulfone groups is 1. The molecule has 0 aromatic heterocycles. The van der Waals surface area contributed by atoms with E-state index >= 15 is 0 Å². The molecule has 33 heavy (non-hydrogen) atoms. The lowest BCUT2D eigenvalue weighted by atomic mass is 10.0. The van der Waals surface area contributed by atoms with E-state index in [1.807, 2.05) is 6.07 Å². The zero-order valence-corrected chi connectivity index (χ0v) is 20.0. The van der Waals surface area contributed by atoms with Crippen molar-refractivity contribution < 1.29 is 31.2 Å². The van der Waals surface area contributed by atoms with E-state index < -0.39 is 62.9 Å². The van der Waals surface area contributed by atoms with Gasteiger partial charge < -0.3 is 5.32 Å². The van der Waals surface area contributed by atoms with E-state index in [-0.39, 0.29) is 30.7 Å². The summed E-state index contributed by atoms with van der Waals surface area (Å²) in [7, 11) is -3.85. The molecule has 1 heterocycles. The number of halogens is 4. The van der Waals surface area contributed by atoms with Crippen LogP contribution >= 0.6 is 15.9 Å². The number of hydrogen-bond acceptors (Lipinski definition) is 6. The number of imide groups is 1. The first-order valence-corrected chi connectivity index (χ1v) is 12.7. The minimum atomic E-state index is -4.83. The highest BCUT2D eigenvalue weighted by Gasteiger charge is 2.72. The molecule has 1 aromatic carbocycles. The van der Waals surface area contributed by atoms with Crippen molar-refractivity contribution in [2.24, 2.45) is 5.41 Å². The van der Waals surface area contributed by atoms with Crippen LogP contribution in [0.1, 0.15) is 37.7 Å². The van der Waals surface area contributed by atoms with Crippen LogP contribution in [0.2, 0.25) is 0 Å². The van der Waals surface area contributed by atoms with E-state index in [1.165, 1.54) is 6.07 Å².